The number of benzene rings is 4. The van der Waals surface area contributed by atoms with Crippen molar-refractivity contribution in [1.29, 1.82) is 0 Å². The van der Waals surface area contributed by atoms with E-state index >= 15 is 0 Å². The molecule has 0 saturated carbocycles. The quantitative estimate of drug-likeness (QED) is 0.376. The summed E-state index contributed by atoms with van der Waals surface area (Å²) in [6.07, 6.45) is 1.97. The van der Waals surface area contributed by atoms with Crippen LogP contribution in [0.25, 0.3) is 33.2 Å². The minimum atomic E-state index is 0.180. The molecule has 1 aliphatic rings. The molecule has 2 heterocycles. The van der Waals surface area contributed by atoms with Crippen molar-refractivity contribution in [3.63, 3.8) is 0 Å². The molecule has 6 rings (SSSR count). The second-order valence-corrected chi connectivity index (χ2v) is 8.51. The largest absolute Gasteiger partial charge is 0.257 e. The minimum Gasteiger partial charge on any atom is -0.257 e. The summed E-state index contributed by atoms with van der Waals surface area (Å²) in [4.78, 5) is 4.93. The van der Waals surface area contributed by atoms with Crippen molar-refractivity contribution in [2.24, 2.45) is 0 Å². The molecule has 0 aliphatic carbocycles. The summed E-state index contributed by atoms with van der Waals surface area (Å²) in [5.41, 5.74) is 11.7. The maximum absolute atomic E-state index is 4.93. The van der Waals surface area contributed by atoms with Crippen LogP contribution in [0.1, 0.15) is 11.1 Å². The van der Waals surface area contributed by atoms with E-state index in [1.807, 2.05) is 6.20 Å². The Balaban J connectivity index is 1.74. The van der Waals surface area contributed by atoms with E-state index in [2.05, 4.69) is 105 Å². The molecule has 0 fully saturated rings. The van der Waals surface area contributed by atoms with Crippen LogP contribution in [-0.4, -0.2) is 11.7 Å². The van der Waals surface area contributed by atoms with Crippen molar-refractivity contribution < 1.29 is 0 Å². The zero-order valence-electron chi connectivity index (χ0n) is 17.8. The maximum atomic E-state index is 4.93. The van der Waals surface area contributed by atoms with E-state index in [9.17, 15) is 0 Å². The van der Waals surface area contributed by atoms with Crippen molar-refractivity contribution in [1.82, 2.24) is 4.98 Å². The first kappa shape index (κ1) is 18.2. The molecule has 0 radical (unpaired) electrons. The van der Waals surface area contributed by atoms with Gasteiger partial charge in [-0.25, -0.2) is 0 Å². The highest BCUT2D eigenvalue weighted by Crippen LogP contribution is 2.30. The van der Waals surface area contributed by atoms with E-state index in [4.69, 9.17) is 4.98 Å². The molecule has 0 bridgehead atoms. The van der Waals surface area contributed by atoms with E-state index < -0.39 is 0 Å². The highest BCUT2D eigenvalue weighted by Gasteiger charge is 2.38. The Hall–Kier alpha value is -3.65. The number of aromatic nitrogens is 1. The van der Waals surface area contributed by atoms with E-state index in [1.54, 1.807) is 0 Å². The lowest BCUT2D eigenvalue weighted by atomic mass is 9.36. The van der Waals surface area contributed by atoms with Crippen molar-refractivity contribution >= 4 is 33.9 Å². The lowest BCUT2D eigenvalue weighted by Crippen LogP contribution is -2.51. The molecule has 1 aromatic heterocycles. The minimum absolute atomic E-state index is 0.180. The molecule has 0 atom stereocenters. The summed E-state index contributed by atoms with van der Waals surface area (Å²) in [5.74, 6) is 0. The highest BCUT2D eigenvalue weighted by molar-refractivity contribution is 7.00. The molecule has 0 spiro atoms. The van der Waals surface area contributed by atoms with Gasteiger partial charge in [-0.05, 0) is 58.9 Å². The fourth-order valence-electron chi connectivity index (χ4n) is 5.29. The molecule has 0 unspecified atom stereocenters. The third-order valence-corrected chi connectivity index (χ3v) is 6.68. The molecular formula is C29H22BN. The lowest BCUT2D eigenvalue weighted by Gasteiger charge is -2.19. The van der Waals surface area contributed by atoms with Crippen LogP contribution < -0.4 is 16.4 Å². The topological polar surface area (TPSA) is 12.9 Å². The fraction of sp³-hybridized carbons (Fsp3) is 0.0690. The van der Waals surface area contributed by atoms with Gasteiger partial charge in [-0.15, -0.1) is 0 Å². The first-order valence-corrected chi connectivity index (χ1v) is 10.9. The second-order valence-electron chi connectivity index (χ2n) is 8.51. The fourth-order valence-corrected chi connectivity index (χ4v) is 5.29. The lowest BCUT2D eigenvalue weighted by molar-refractivity contribution is 1.36. The Morgan fingerprint density at radius 3 is 2.03 bits per heavy atom. The summed E-state index contributed by atoms with van der Waals surface area (Å²) in [7, 11) is 0. The molecule has 2 heteroatoms. The van der Waals surface area contributed by atoms with Gasteiger partial charge in [-0.1, -0.05) is 101 Å². The van der Waals surface area contributed by atoms with Crippen LogP contribution in [0.5, 0.6) is 0 Å². The van der Waals surface area contributed by atoms with Crippen LogP contribution in [0.2, 0.25) is 0 Å². The van der Waals surface area contributed by atoms with E-state index in [-0.39, 0.29) is 6.71 Å². The standard InChI is InChI=1S/C29H22BN/c1-19-9-8-10-20(2)27(19)30-26-18-23-14-7-6-13-22(23)17-25(26)29-28(30)24(15-16-31-29)21-11-4-3-5-12-21/h3-18H,1-2H3. The number of hydrogen-bond acceptors (Lipinski definition) is 1. The normalized spacial score (nSPS) is 12.1. The Labute approximate surface area is 183 Å². The number of rotatable bonds is 2. The Kier molecular flexibility index (Phi) is 4.07. The third kappa shape index (κ3) is 2.75. The van der Waals surface area contributed by atoms with Gasteiger partial charge in [0.2, 0.25) is 6.71 Å². The molecule has 0 N–H and O–H groups in total. The summed E-state index contributed by atoms with van der Waals surface area (Å²) in [5, 5.41) is 2.55. The number of nitrogens with zero attached hydrogens (tertiary/aromatic N) is 1. The van der Waals surface area contributed by atoms with E-state index in [0.29, 0.717) is 0 Å². The predicted molar refractivity (Wildman–Crippen MR) is 133 cm³/mol. The second kappa shape index (κ2) is 6.96. The van der Waals surface area contributed by atoms with Gasteiger partial charge in [-0.3, -0.25) is 4.98 Å². The summed E-state index contributed by atoms with van der Waals surface area (Å²) in [6, 6.07) is 32.9. The molecular weight excluding hydrogens is 373 g/mol. The maximum Gasteiger partial charge on any atom is 0.246 e. The molecule has 0 amide bonds. The van der Waals surface area contributed by atoms with Crippen LogP contribution in [-0.2, 0) is 0 Å². The van der Waals surface area contributed by atoms with E-state index in [1.165, 1.54) is 55.0 Å². The number of aryl methyl sites for hydroxylation is 2. The van der Waals surface area contributed by atoms with Crippen LogP contribution in [0.4, 0.5) is 0 Å². The smallest absolute Gasteiger partial charge is 0.246 e. The van der Waals surface area contributed by atoms with Crippen molar-refractivity contribution in [3.8, 4) is 22.4 Å². The highest BCUT2D eigenvalue weighted by atomic mass is 14.7. The molecule has 0 saturated heterocycles. The van der Waals surface area contributed by atoms with Crippen LogP contribution in [0.3, 0.4) is 0 Å². The summed E-state index contributed by atoms with van der Waals surface area (Å²) >= 11 is 0. The van der Waals surface area contributed by atoms with Gasteiger partial charge >= 0.3 is 0 Å². The van der Waals surface area contributed by atoms with Crippen molar-refractivity contribution in [2.75, 3.05) is 0 Å². The molecule has 1 aliphatic heterocycles. The Bertz CT molecular complexity index is 1430. The Morgan fingerprint density at radius 2 is 1.29 bits per heavy atom. The van der Waals surface area contributed by atoms with Gasteiger partial charge in [0.15, 0.2) is 0 Å². The van der Waals surface area contributed by atoms with Crippen molar-refractivity contribution in [3.05, 3.63) is 108 Å². The molecule has 4 aromatic carbocycles. The van der Waals surface area contributed by atoms with Gasteiger partial charge in [0.1, 0.15) is 0 Å². The first-order valence-electron chi connectivity index (χ1n) is 10.9. The zero-order chi connectivity index (χ0) is 20.9. The third-order valence-electron chi connectivity index (χ3n) is 6.68. The summed E-state index contributed by atoms with van der Waals surface area (Å²) < 4.78 is 0. The Morgan fingerprint density at radius 1 is 0.613 bits per heavy atom. The van der Waals surface area contributed by atoms with Crippen LogP contribution in [0, 0.1) is 13.8 Å². The molecule has 1 nitrogen and oxygen atoms in total. The van der Waals surface area contributed by atoms with Gasteiger partial charge < -0.3 is 0 Å². The number of pyridine rings is 1. The average molecular weight is 395 g/mol. The van der Waals surface area contributed by atoms with E-state index in [0.717, 1.165) is 5.69 Å². The number of fused-ring (bicyclic) bond motifs is 4. The van der Waals surface area contributed by atoms with Gasteiger partial charge in [0, 0.05) is 6.20 Å². The average Bonchev–Trinajstić information content (AvgIpc) is 3.11. The monoisotopic (exact) mass is 395 g/mol. The predicted octanol–water partition coefficient (Wildman–Crippen LogP) is 5.02. The van der Waals surface area contributed by atoms with Gasteiger partial charge in [0.05, 0.1) is 5.69 Å². The van der Waals surface area contributed by atoms with Crippen LogP contribution in [0.15, 0.2) is 97.2 Å². The van der Waals surface area contributed by atoms with Crippen molar-refractivity contribution in [2.45, 2.75) is 13.8 Å². The summed E-state index contributed by atoms with van der Waals surface area (Å²) in [6.45, 7) is 4.65. The molecule has 31 heavy (non-hydrogen) atoms. The molecule has 146 valence electrons. The van der Waals surface area contributed by atoms with Crippen LogP contribution >= 0.6 is 0 Å². The zero-order valence-corrected chi connectivity index (χ0v) is 17.8. The first-order chi connectivity index (χ1) is 15.2. The molecule has 5 aromatic rings. The SMILES string of the molecule is Cc1cccc(C)c1B1c2cc3ccccc3cc2-c2nccc(-c3ccccc3)c21. The van der Waals surface area contributed by atoms with Gasteiger partial charge in [0.25, 0.3) is 0 Å². The number of hydrogen-bond donors (Lipinski definition) is 0. The van der Waals surface area contributed by atoms with Gasteiger partial charge in [-0.2, -0.15) is 0 Å².